The van der Waals surface area contributed by atoms with Gasteiger partial charge in [0.05, 0.1) is 12.3 Å². The number of rotatable bonds is 3. The summed E-state index contributed by atoms with van der Waals surface area (Å²) in [5.74, 6) is -0.844. The summed E-state index contributed by atoms with van der Waals surface area (Å²) in [7, 11) is 0. The van der Waals surface area contributed by atoms with Crippen LogP contribution in [0.25, 0.3) is 0 Å². The van der Waals surface area contributed by atoms with E-state index in [1.165, 1.54) is 0 Å². The van der Waals surface area contributed by atoms with Crippen LogP contribution < -0.4 is 5.32 Å². The first-order chi connectivity index (χ1) is 8.49. The van der Waals surface area contributed by atoms with Crippen LogP contribution in [0.2, 0.25) is 0 Å². The van der Waals surface area contributed by atoms with Gasteiger partial charge in [0.1, 0.15) is 5.60 Å². The number of hydrogen-bond donors (Lipinski definition) is 1. The molecule has 1 aromatic carbocycles. The average molecular weight is 247 g/mol. The second kappa shape index (κ2) is 4.80. The van der Waals surface area contributed by atoms with Gasteiger partial charge in [0.25, 0.3) is 0 Å². The molecule has 1 aliphatic rings. The lowest BCUT2D eigenvalue weighted by atomic mass is 9.90. The van der Waals surface area contributed by atoms with Gasteiger partial charge in [-0.1, -0.05) is 30.3 Å². The van der Waals surface area contributed by atoms with Crippen molar-refractivity contribution in [2.45, 2.75) is 32.4 Å². The van der Waals surface area contributed by atoms with Crippen molar-refractivity contribution in [1.82, 2.24) is 5.32 Å². The van der Waals surface area contributed by atoms with Crippen LogP contribution in [0.3, 0.4) is 0 Å². The minimum atomic E-state index is -0.710. The molecule has 0 radical (unpaired) electrons. The molecule has 0 spiro atoms. The van der Waals surface area contributed by atoms with E-state index in [-0.39, 0.29) is 18.3 Å². The lowest BCUT2D eigenvalue weighted by molar-refractivity contribution is -0.147. The number of carbonyl (C=O) groups excluding carboxylic acids is 2. The Bertz CT molecular complexity index is 453. The fourth-order valence-corrected chi connectivity index (χ4v) is 2.14. The minimum Gasteiger partial charge on any atom is -0.459 e. The Morgan fingerprint density at radius 1 is 1.39 bits per heavy atom. The summed E-state index contributed by atoms with van der Waals surface area (Å²) in [6, 6.07) is 9.67. The zero-order valence-corrected chi connectivity index (χ0v) is 10.6. The van der Waals surface area contributed by atoms with Gasteiger partial charge in [0, 0.05) is 6.54 Å². The Morgan fingerprint density at radius 3 is 2.61 bits per heavy atom. The van der Waals surface area contributed by atoms with Crippen molar-refractivity contribution in [1.29, 1.82) is 0 Å². The Morgan fingerprint density at radius 2 is 2.06 bits per heavy atom. The molecule has 0 saturated carbocycles. The van der Waals surface area contributed by atoms with Crippen molar-refractivity contribution in [3.8, 4) is 0 Å². The lowest BCUT2D eigenvalue weighted by Gasteiger charge is -2.23. The third kappa shape index (κ3) is 2.70. The van der Waals surface area contributed by atoms with Crippen LogP contribution in [0.1, 0.15) is 25.8 Å². The highest BCUT2D eigenvalue weighted by atomic mass is 16.6. The van der Waals surface area contributed by atoms with Crippen molar-refractivity contribution >= 4 is 11.9 Å². The lowest BCUT2D eigenvalue weighted by Crippen LogP contribution is -2.40. The van der Waals surface area contributed by atoms with Crippen LogP contribution in [0.4, 0.5) is 0 Å². The third-order valence-corrected chi connectivity index (χ3v) is 3.21. The molecule has 1 saturated heterocycles. The van der Waals surface area contributed by atoms with Gasteiger partial charge >= 0.3 is 5.97 Å². The molecule has 1 N–H and O–H groups in total. The highest BCUT2D eigenvalue weighted by molar-refractivity contribution is 5.87. The summed E-state index contributed by atoms with van der Waals surface area (Å²) in [5.41, 5.74) is 0.326. The number of hydrogen-bond acceptors (Lipinski definition) is 3. The van der Waals surface area contributed by atoms with Gasteiger partial charge in [0.15, 0.2) is 0 Å². The molecular formula is C14H17NO3. The summed E-state index contributed by atoms with van der Waals surface area (Å²) in [6.07, 6.45) is 0.160. The molecule has 1 amide bonds. The fraction of sp³-hybridized carbons (Fsp3) is 0.429. The van der Waals surface area contributed by atoms with Gasteiger partial charge in [0.2, 0.25) is 5.91 Å². The standard InChI is InChI=1S/C14H17NO3/c1-14(2)11(8-12(16)18-14)13(17)15-9-10-6-4-3-5-7-10/h3-7,11H,8-9H2,1-2H3,(H,15,17)/t11-/m1/s1. The zero-order valence-electron chi connectivity index (χ0n) is 10.6. The average Bonchev–Trinajstić information content (AvgIpc) is 2.61. The second-order valence-electron chi connectivity index (χ2n) is 5.04. The Hall–Kier alpha value is -1.84. The Kier molecular flexibility index (Phi) is 3.36. The topological polar surface area (TPSA) is 55.4 Å². The normalized spacial score (nSPS) is 21.4. The SMILES string of the molecule is CC1(C)OC(=O)C[C@@H]1C(=O)NCc1ccccc1. The molecule has 0 bridgehead atoms. The van der Waals surface area contributed by atoms with E-state index in [0.717, 1.165) is 5.56 Å². The van der Waals surface area contributed by atoms with E-state index >= 15 is 0 Å². The van der Waals surface area contributed by atoms with Gasteiger partial charge in [-0.25, -0.2) is 0 Å². The maximum Gasteiger partial charge on any atom is 0.307 e. The summed E-state index contributed by atoms with van der Waals surface area (Å²) in [5, 5.41) is 2.85. The molecule has 0 aromatic heterocycles. The maximum atomic E-state index is 12.0. The minimum absolute atomic E-state index is 0.130. The van der Waals surface area contributed by atoms with Gasteiger partial charge in [-0.15, -0.1) is 0 Å². The first kappa shape index (κ1) is 12.6. The molecule has 4 nitrogen and oxygen atoms in total. The number of ether oxygens (including phenoxy) is 1. The van der Waals surface area contributed by atoms with Crippen molar-refractivity contribution in [3.63, 3.8) is 0 Å². The molecule has 1 heterocycles. The summed E-state index contributed by atoms with van der Waals surface area (Å²) < 4.78 is 5.13. The molecule has 1 aliphatic heterocycles. The molecule has 2 rings (SSSR count). The Balaban J connectivity index is 1.95. The van der Waals surface area contributed by atoms with Gasteiger partial charge in [-0.3, -0.25) is 9.59 Å². The first-order valence-corrected chi connectivity index (χ1v) is 6.02. The number of nitrogens with one attached hydrogen (secondary N) is 1. The molecule has 1 fully saturated rings. The molecule has 18 heavy (non-hydrogen) atoms. The smallest absolute Gasteiger partial charge is 0.307 e. The number of amides is 1. The quantitative estimate of drug-likeness (QED) is 0.826. The second-order valence-corrected chi connectivity index (χ2v) is 5.04. The number of carbonyl (C=O) groups is 2. The summed E-state index contributed by atoms with van der Waals surface area (Å²) in [4.78, 5) is 23.3. The molecular weight excluding hydrogens is 230 g/mol. The predicted molar refractivity (Wildman–Crippen MR) is 66.6 cm³/mol. The van der Waals surface area contributed by atoms with Gasteiger partial charge in [-0.05, 0) is 19.4 Å². The molecule has 1 aromatic rings. The van der Waals surface area contributed by atoms with Crippen molar-refractivity contribution in [2.24, 2.45) is 5.92 Å². The highest BCUT2D eigenvalue weighted by Crippen LogP contribution is 2.32. The van der Waals surface area contributed by atoms with E-state index in [4.69, 9.17) is 4.74 Å². The van der Waals surface area contributed by atoms with E-state index in [2.05, 4.69) is 5.32 Å². The number of cyclic esters (lactones) is 1. The van der Waals surface area contributed by atoms with Crippen LogP contribution in [0, 0.1) is 5.92 Å². The number of esters is 1. The van der Waals surface area contributed by atoms with E-state index < -0.39 is 11.5 Å². The largest absolute Gasteiger partial charge is 0.459 e. The van der Waals surface area contributed by atoms with Crippen LogP contribution in [-0.2, 0) is 20.9 Å². The van der Waals surface area contributed by atoms with E-state index in [1.54, 1.807) is 13.8 Å². The molecule has 0 aliphatic carbocycles. The van der Waals surface area contributed by atoms with Crippen molar-refractivity contribution in [2.75, 3.05) is 0 Å². The van der Waals surface area contributed by atoms with Crippen LogP contribution in [0.15, 0.2) is 30.3 Å². The van der Waals surface area contributed by atoms with Gasteiger partial charge < -0.3 is 10.1 Å². The zero-order chi connectivity index (χ0) is 13.2. The molecule has 1 atom stereocenters. The molecule has 96 valence electrons. The summed E-state index contributed by atoms with van der Waals surface area (Å²) in [6.45, 7) is 4.01. The predicted octanol–water partition coefficient (Wildman–Crippen LogP) is 1.64. The Labute approximate surface area is 106 Å². The van der Waals surface area contributed by atoms with Crippen molar-refractivity contribution < 1.29 is 14.3 Å². The summed E-state index contributed by atoms with van der Waals surface area (Å²) >= 11 is 0. The van der Waals surface area contributed by atoms with E-state index in [9.17, 15) is 9.59 Å². The monoisotopic (exact) mass is 247 g/mol. The first-order valence-electron chi connectivity index (χ1n) is 6.02. The fourth-order valence-electron chi connectivity index (χ4n) is 2.14. The third-order valence-electron chi connectivity index (χ3n) is 3.21. The molecule has 4 heteroatoms. The van der Waals surface area contributed by atoms with Crippen LogP contribution >= 0.6 is 0 Å². The van der Waals surface area contributed by atoms with Crippen LogP contribution in [0.5, 0.6) is 0 Å². The van der Waals surface area contributed by atoms with Crippen LogP contribution in [-0.4, -0.2) is 17.5 Å². The number of benzene rings is 1. The highest BCUT2D eigenvalue weighted by Gasteiger charge is 2.45. The van der Waals surface area contributed by atoms with E-state index in [0.29, 0.717) is 6.54 Å². The molecule has 0 unspecified atom stereocenters. The maximum absolute atomic E-state index is 12.0. The van der Waals surface area contributed by atoms with E-state index in [1.807, 2.05) is 30.3 Å². The van der Waals surface area contributed by atoms with Crippen molar-refractivity contribution in [3.05, 3.63) is 35.9 Å². The van der Waals surface area contributed by atoms with Gasteiger partial charge in [-0.2, -0.15) is 0 Å².